The van der Waals surface area contributed by atoms with Gasteiger partial charge in [-0.05, 0) is 19.9 Å². The average molecular weight is 238 g/mol. The SMILES string of the molecule is Cc1cccc(N(C)C(C)C(=O)O)c1[N+](=O)[O-]. The standard InChI is InChI=1S/C11H14N2O4/c1-7-5-4-6-9(10(7)13(16)17)12(3)8(2)11(14)15/h4-6,8H,1-3H3,(H,14,15). The molecular formula is C11H14N2O4. The van der Waals surface area contributed by atoms with Crippen molar-refractivity contribution in [1.29, 1.82) is 0 Å². The van der Waals surface area contributed by atoms with Crippen molar-refractivity contribution < 1.29 is 14.8 Å². The zero-order valence-corrected chi connectivity index (χ0v) is 9.88. The van der Waals surface area contributed by atoms with Crippen LogP contribution in [0.4, 0.5) is 11.4 Å². The Morgan fingerprint density at radius 3 is 2.59 bits per heavy atom. The van der Waals surface area contributed by atoms with E-state index < -0.39 is 16.9 Å². The summed E-state index contributed by atoms with van der Waals surface area (Å²) in [4.78, 5) is 22.7. The average Bonchev–Trinajstić information content (AvgIpc) is 2.25. The van der Waals surface area contributed by atoms with Crippen molar-refractivity contribution in [2.45, 2.75) is 19.9 Å². The van der Waals surface area contributed by atoms with Crippen molar-refractivity contribution in [3.05, 3.63) is 33.9 Å². The number of aryl methyl sites for hydroxylation is 1. The number of nitro benzene ring substituents is 1. The van der Waals surface area contributed by atoms with Crippen LogP contribution in [0.15, 0.2) is 18.2 Å². The molecule has 0 aromatic heterocycles. The molecule has 6 nitrogen and oxygen atoms in total. The van der Waals surface area contributed by atoms with E-state index in [0.717, 1.165) is 0 Å². The van der Waals surface area contributed by atoms with Crippen LogP contribution in [0.2, 0.25) is 0 Å². The first-order chi connectivity index (χ1) is 7.86. The number of nitro groups is 1. The lowest BCUT2D eigenvalue weighted by Gasteiger charge is -2.23. The smallest absolute Gasteiger partial charge is 0.326 e. The van der Waals surface area contributed by atoms with Crippen molar-refractivity contribution in [3.63, 3.8) is 0 Å². The van der Waals surface area contributed by atoms with E-state index in [-0.39, 0.29) is 5.69 Å². The zero-order chi connectivity index (χ0) is 13.2. The van der Waals surface area contributed by atoms with Crippen molar-refractivity contribution in [2.75, 3.05) is 11.9 Å². The molecule has 0 saturated heterocycles. The van der Waals surface area contributed by atoms with Gasteiger partial charge < -0.3 is 10.0 Å². The molecule has 17 heavy (non-hydrogen) atoms. The molecule has 1 N–H and O–H groups in total. The van der Waals surface area contributed by atoms with Gasteiger partial charge in [0.25, 0.3) is 5.69 Å². The first kappa shape index (κ1) is 13.0. The van der Waals surface area contributed by atoms with Gasteiger partial charge in [0.15, 0.2) is 0 Å². The number of benzene rings is 1. The maximum atomic E-state index is 11.0. The summed E-state index contributed by atoms with van der Waals surface area (Å²) in [6.45, 7) is 3.11. The Labute approximate surface area is 98.6 Å². The van der Waals surface area contributed by atoms with Crippen molar-refractivity contribution in [1.82, 2.24) is 0 Å². The van der Waals surface area contributed by atoms with Crippen LogP contribution in [0.3, 0.4) is 0 Å². The highest BCUT2D eigenvalue weighted by atomic mass is 16.6. The monoisotopic (exact) mass is 238 g/mol. The minimum absolute atomic E-state index is 0.0527. The molecule has 6 heteroatoms. The molecule has 0 heterocycles. The highest BCUT2D eigenvalue weighted by Gasteiger charge is 2.25. The first-order valence-electron chi connectivity index (χ1n) is 5.06. The molecule has 0 spiro atoms. The third kappa shape index (κ3) is 2.52. The van der Waals surface area contributed by atoms with Crippen LogP contribution in [0.25, 0.3) is 0 Å². The van der Waals surface area contributed by atoms with Crippen LogP contribution in [0.1, 0.15) is 12.5 Å². The summed E-state index contributed by atoms with van der Waals surface area (Å²) < 4.78 is 0. The maximum Gasteiger partial charge on any atom is 0.326 e. The van der Waals surface area contributed by atoms with Gasteiger partial charge in [0.2, 0.25) is 0 Å². The maximum absolute atomic E-state index is 11.0. The number of aliphatic carboxylic acids is 1. The van der Waals surface area contributed by atoms with Crippen LogP contribution in [-0.2, 0) is 4.79 Å². The van der Waals surface area contributed by atoms with Crippen LogP contribution in [0.5, 0.6) is 0 Å². The molecular weight excluding hydrogens is 224 g/mol. The van der Waals surface area contributed by atoms with Crippen molar-refractivity contribution >= 4 is 17.3 Å². The molecule has 0 fully saturated rings. The quantitative estimate of drug-likeness (QED) is 0.638. The summed E-state index contributed by atoms with van der Waals surface area (Å²) in [7, 11) is 1.53. The number of hydrogen-bond donors (Lipinski definition) is 1. The summed E-state index contributed by atoms with van der Waals surface area (Å²) in [6.07, 6.45) is 0. The van der Waals surface area contributed by atoms with E-state index in [1.54, 1.807) is 25.1 Å². The molecule has 0 aliphatic heterocycles. The molecule has 92 valence electrons. The van der Waals surface area contributed by atoms with Gasteiger partial charge in [-0.25, -0.2) is 4.79 Å². The predicted molar refractivity (Wildman–Crippen MR) is 63.3 cm³/mol. The molecule has 1 rings (SSSR count). The largest absolute Gasteiger partial charge is 0.480 e. The number of carboxylic acids is 1. The van der Waals surface area contributed by atoms with E-state index in [0.29, 0.717) is 11.3 Å². The van der Waals surface area contributed by atoms with Gasteiger partial charge in [-0.2, -0.15) is 0 Å². The van der Waals surface area contributed by atoms with Crippen LogP contribution >= 0.6 is 0 Å². The van der Waals surface area contributed by atoms with E-state index in [1.165, 1.54) is 18.9 Å². The fourth-order valence-corrected chi connectivity index (χ4v) is 1.54. The highest BCUT2D eigenvalue weighted by molar-refractivity contribution is 5.80. The van der Waals surface area contributed by atoms with Gasteiger partial charge >= 0.3 is 5.97 Å². The lowest BCUT2D eigenvalue weighted by molar-refractivity contribution is -0.384. The van der Waals surface area contributed by atoms with Gasteiger partial charge in [-0.15, -0.1) is 0 Å². The third-order valence-electron chi connectivity index (χ3n) is 2.72. The number of likely N-dealkylation sites (N-methyl/N-ethyl adjacent to an activating group) is 1. The van der Waals surface area contributed by atoms with Crippen molar-refractivity contribution in [3.8, 4) is 0 Å². The molecule has 0 radical (unpaired) electrons. The molecule has 1 aromatic carbocycles. The second-order valence-corrected chi connectivity index (χ2v) is 3.82. The number of rotatable bonds is 4. The Kier molecular flexibility index (Phi) is 3.67. The van der Waals surface area contributed by atoms with E-state index in [2.05, 4.69) is 0 Å². The van der Waals surface area contributed by atoms with Crippen LogP contribution in [0, 0.1) is 17.0 Å². The molecule has 0 aliphatic rings. The van der Waals surface area contributed by atoms with Crippen LogP contribution < -0.4 is 4.90 Å². The second kappa shape index (κ2) is 4.82. The topological polar surface area (TPSA) is 83.7 Å². The number of nitrogens with zero attached hydrogens (tertiary/aromatic N) is 2. The molecule has 0 amide bonds. The van der Waals surface area contributed by atoms with Crippen molar-refractivity contribution in [2.24, 2.45) is 0 Å². The van der Waals surface area contributed by atoms with Crippen LogP contribution in [-0.4, -0.2) is 29.1 Å². The normalized spacial score (nSPS) is 11.9. The number of hydrogen-bond acceptors (Lipinski definition) is 4. The second-order valence-electron chi connectivity index (χ2n) is 3.82. The van der Waals surface area contributed by atoms with E-state index in [1.807, 2.05) is 0 Å². The zero-order valence-electron chi connectivity index (χ0n) is 9.88. The van der Waals surface area contributed by atoms with E-state index in [9.17, 15) is 14.9 Å². The minimum Gasteiger partial charge on any atom is -0.480 e. The van der Waals surface area contributed by atoms with Gasteiger partial charge in [-0.3, -0.25) is 10.1 Å². The minimum atomic E-state index is -1.02. The Hall–Kier alpha value is -2.11. The van der Waals surface area contributed by atoms with Gasteiger partial charge in [0.05, 0.1) is 4.92 Å². The fraction of sp³-hybridized carbons (Fsp3) is 0.364. The van der Waals surface area contributed by atoms with Gasteiger partial charge in [0.1, 0.15) is 11.7 Å². The Balaban J connectivity index is 3.26. The molecule has 0 bridgehead atoms. The van der Waals surface area contributed by atoms with E-state index in [4.69, 9.17) is 5.11 Å². The third-order valence-corrected chi connectivity index (χ3v) is 2.72. The Bertz CT molecular complexity index is 459. The first-order valence-corrected chi connectivity index (χ1v) is 5.06. The summed E-state index contributed by atoms with van der Waals surface area (Å²) in [5.74, 6) is -1.02. The molecule has 1 aromatic rings. The molecule has 1 unspecified atom stereocenters. The summed E-state index contributed by atoms with van der Waals surface area (Å²) >= 11 is 0. The lowest BCUT2D eigenvalue weighted by Crippen LogP contribution is -2.36. The fourth-order valence-electron chi connectivity index (χ4n) is 1.54. The summed E-state index contributed by atoms with van der Waals surface area (Å²) in [6, 6.07) is 4.02. The van der Waals surface area contributed by atoms with Gasteiger partial charge in [0, 0.05) is 12.6 Å². The Morgan fingerprint density at radius 1 is 1.53 bits per heavy atom. The number of carboxylic acid groups (broad SMARTS) is 1. The number of para-hydroxylation sites is 1. The lowest BCUT2D eigenvalue weighted by atomic mass is 10.1. The molecule has 1 atom stereocenters. The van der Waals surface area contributed by atoms with Gasteiger partial charge in [-0.1, -0.05) is 12.1 Å². The van der Waals surface area contributed by atoms with E-state index >= 15 is 0 Å². The molecule has 0 aliphatic carbocycles. The predicted octanol–water partition coefficient (Wildman–Crippen LogP) is 1.81. The summed E-state index contributed by atoms with van der Waals surface area (Å²) in [5, 5.41) is 19.9. The number of carbonyl (C=O) groups is 1. The Morgan fingerprint density at radius 2 is 2.12 bits per heavy atom. The molecule has 0 saturated carbocycles. The number of anilines is 1. The highest BCUT2D eigenvalue weighted by Crippen LogP contribution is 2.31. The summed E-state index contributed by atoms with van der Waals surface area (Å²) in [5.41, 5.74) is 0.768.